The van der Waals surface area contributed by atoms with Gasteiger partial charge in [0.2, 0.25) is 0 Å². The summed E-state index contributed by atoms with van der Waals surface area (Å²) in [7, 11) is 0. The summed E-state index contributed by atoms with van der Waals surface area (Å²) >= 11 is 0. The molecule has 0 fully saturated rings. The van der Waals surface area contributed by atoms with Crippen LogP contribution in [0.3, 0.4) is 0 Å². The maximum absolute atomic E-state index is 11.8. The van der Waals surface area contributed by atoms with Crippen LogP contribution in [0.2, 0.25) is 0 Å². The molecular weight excluding hydrogens is 236 g/mol. The second kappa shape index (κ2) is 6.45. The van der Waals surface area contributed by atoms with Gasteiger partial charge in [0.05, 0.1) is 0 Å². The van der Waals surface area contributed by atoms with Gasteiger partial charge in [0.25, 0.3) is 0 Å². The highest BCUT2D eigenvalue weighted by atomic mass is 16.1. The molecule has 0 radical (unpaired) electrons. The molecule has 2 aromatic carbocycles. The molecule has 2 nitrogen and oxygen atoms in total. The van der Waals surface area contributed by atoms with Crippen molar-refractivity contribution in [1.82, 2.24) is 0 Å². The summed E-state index contributed by atoms with van der Waals surface area (Å²) in [5, 5.41) is 0. The van der Waals surface area contributed by atoms with Crippen LogP contribution in [-0.4, -0.2) is 11.6 Å². The quantitative estimate of drug-likeness (QED) is 0.599. The van der Waals surface area contributed by atoms with Crippen LogP contribution in [0, 0.1) is 0 Å². The van der Waals surface area contributed by atoms with Crippen LogP contribution in [0.1, 0.15) is 27.1 Å². The maximum atomic E-state index is 11.8. The molecule has 0 atom stereocenters. The van der Waals surface area contributed by atoms with Gasteiger partial charge >= 0.3 is 0 Å². The first-order valence-electron chi connectivity index (χ1n) is 6.11. The van der Waals surface area contributed by atoms with Crippen molar-refractivity contribution in [3.8, 4) is 0 Å². The van der Waals surface area contributed by atoms with Gasteiger partial charge in [0, 0.05) is 17.5 Å². The molecule has 94 valence electrons. The van der Waals surface area contributed by atoms with Gasteiger partial charge < -0.3 is 0 Å². The number of benzene rings is 2. The third kappa shape index (κ3) is 3.75. The van der Waals surface area contributed by atoms with E-state index in [-0.39, 0.29) is 18.0 Å². The van der Waals surface area contributed by atoms with Crippen molar-refractivity contribution >= 4 is 11.6 Å². The minimum atomic E-state index is -0.0820. The molecule has 0 N–H and O–H groups in total. The van der Waals surface area contributed by atoms with E-state index in [1.807, 2.05) is 36.4 Å². The van der Waals surface area contributed by atoms with E-state index in [0.717, 1.165) is 0 Å². The number of carbonyl (C=O) groups excluding carboxylic acids is 2. The summed E-state index contributed by atoms with van der Waals surface area (Å²) in [5.74, 6) is -0.0702. The fourth-order valence-corrected chi connectivity index (χ4v) is 1.71. The molecule has 0 saturated carbocycles. The first-order chi connectivity index (χ1) is 9.27. The van der Waals surface area contributed by atoms with E-state index < -0.39 is 0 Å². The smallest absolute Gasteiger partial charge is 0.185 e. The van der Waals surface area contributed by atoms with Crippen LogP contribution in [0.25, 0.3) is 0 Å². The van der Waals surface area contributed by atoms with Crippen LogP contribution < -0.4 is 0 Å². The third-order valence-corrected chi connectivity index (χ3v) is 2.73. The lowest BCUT2D eigenvalue weighted by Crippen LogP contribution is -1.98. The van der Waals surface area contributed by atoms with Crippen LogP contribution in [0.5, 0.6) is 0 Å². The number of carbonyl (C=O) groups is 2. The minimum absolute atomic E-state index is 0.0118. The zero-order chi connectivity index (χ0) is 13.5. The molecule has 0 aliphatic carbocycles. The molecule has 0 amide bonds. The first kappa shape index (κ1) is 13.0. The largest absolute Gasteiger partial charge is 0.294 e. The SMILES string of the molecule is O=C(C=CCC(=O)c1ccccc1)c1ccccc1. The molecule has 0 unspecified atom stereocenters. The highest BCUT2D eigenvalue weighted by Gasteiger charge is 2.03. The number of hydrogen-bond donors (Lipinski definition) is 0. The van der Waals surface area contributed by atoms with Crippen molar-refractivity contribution in [3.63, 3.8) is 0 Å². The Hall–Kier alpha value is -2.48. The Balaban J connectivity index is 1.94. The zero-order valence-electron chi connectivity index (χ0n) is 10.5. The van der Waals surface area contributed by atoms with Crippen molar-refractivity contribution in [2.45, 2.75) is 6.42 Å². The third-order valence-electron chi connectivity index (χ3n) is 2.73. The van der Waals surface area contributed by atoms with Crippen molar-refractivity contribution in [2.75, 3.05) is 0 Å². The molecule has 0 saturated heterocycles. The zero-order valence-corrected chi connectivity index (χ0v) is 10.5. The molecule has 2 heteroatoms. The topological polar surface area (TPSA) is 34.1 Å². The number of Topliss-reactive ketones (excluding diaryl/α,β-unsaturated/α-hetero) is 1. The van der Waals surface area contributed by atoms with Crippen LogP contribution in [0.15, 0.2) is 72.8 Å². The molecule has 0 aliphatic heterocycles. The molecule has 2 rings (SSSR count). The van der Waals surface area contributed by atoms with Gasteiger partial charge in [0.1, 0.15) is 0 Å². The van der Waals surface area contributed by atoms with Gasteiger partial charge in [0.15, 0.2) is 11.6 Å². The monoisotopic (exact) mass is 250 g/mol. The van der Waals surface area contributed by atoms with Crippen molar-refractivity contribution in [1.29, 1.82) is 0 Å². The van der Waals surface area contributed by atoms with Gasteiger partial charge in [-0.3, -0.25) is 9.59 Å². The second-order valence-electron chi connectivity index (χ2n) is 4.13. The van der Waals surface area contributed by atoms with Crippen LogP contribution in [-0.2, 0) is 0 Å². The molecule has 0 heterocycles. The average Bonchev–Trinajstić information content (AvgIpc) is 2.49. The highest BCUT2D eigenvalue weighted by Crippen LogP contribution is 2.05. The van der Waals surface area contributed by atoms with E-state index in [9.17, 15) is 9.59 Å². The molecule has 0 spiro atoms. The normalized spacial score (nSPS) is 10.5. The fourth-order valence-electron chi connectivity index (χ4n) is 1.71. The molecule has 2 aromatic rings. The number of allylic oxidation sites excluding steroid dienone is 2. The summed E-state index contributed by atoms with van der Waals surface area (Å²) in [6.45, 7) is 0. The lowest BCUT2D eigenvalue weighted by atomic mass is 10.1. The van der Waals surface area contributed by atoms with E-state index in [1.165, 1.54) is 6.08 Å². The first-order valence-corrected chi connectivity index (χ1v) is 6.11. The number of rotatable bonds is 5. The van der Waals surface area contributed by atoms with Gasteiger partial charge in [-0.2, -0.15) is 0 Å². The Bertz CT molecular complexity index is 583. The van der Waals surface area contributed by atoms with Crippen LogP contribution >= 0.6 is 0 Å². The molecule has 0 aromatic heterocycles. The van der Waals surface area contributed by atoms with E-state index in [1.54, 1.807) is 30.3 Å². The molecular formula is C17H14O2. The van der Waals surface area contributed by atoms with Gasteiger partial charge in [-0.25, -0.2) is 0 Å². The number of hydrogen-bond acceptors (Lipinski definition) is 2. The summed E-state index contributed by atoms with van der Waals surface area (Å²) in [5.41, 5.74) is 1.30. The Morgan fingerprint density at radius 3 is 1.89 bits per heavy atom. The Morgan fingerprint density at radius 2 is 1.32 bits per heavy atom. The second-order valence-corrected chi connectivity index (χ2v) is 4.13. The lowest BCUT2D eigenvalue weighted by molar-refractivity contribution is 0.0996. The van der Waals surface area contributed by atoms with Gasteiger partial charge in [-0.1, -0.05) is 66.7 Å². The van der Waals surface area contributed by atoms with Crippen molar-refractivity contribution in [2.24, 2.45) is 0 Å². The fraction of sp³-hybridized carbons (Fsp3) is 0.0588. The highest BCUT2D eigenvalue weighted by molar-refractivity contribution is 6.05. The van der Waals surface area contributed by atoms with Crippen LogP contribution in [0.4, 0.5) is 0 Å². The summed E-state index contributed by atoms with van der Waals surface area (Å²) in [4.78, 5) is 23.6. The van der Waals surface area contributed by atoms with Crippen molar-refractivity contribution < 1.29 is 9.59 Å². The standard InChI is InChI=1S/C17H14O2/c18-16(14-8-3-1-4-9-14)12-7-13-17(19)15-10-5-2-6-11-15/h1-12H,13H2. The van der Waals surface area contributed by atoms with Gasteiger partial charge in [-0.05, 0) is 6.08 Å². The summed E-state index contributed by atoms with van der Waals surface area (Å²) in [6.07, 6.45) is 3.31. The Kier molecular flexibility index (Phi) is 4.40. The van der Waals surface area contributed by atoms with E-state index in [2.05, 4.69) is 0 Å². The Morgan fingerprint density at radius 1 is 0.789 bits per heavy atom. The molecule has 0 bridgehead atoms. The molecule has 19 heavy (non-hydrogen) atoms. The van der Waals surface area contributed by atoms with E-state index in [0.29, 0.717) is 11.1 Å². The summed E-state index contributed by atoms with van der Waals surface area (Å²) in [6, 6.07) is 18.1. The number of ketones is 2. The van der Waals surface area contributed by atoms with E-state index >= 15 is 0 Å². The maximum Gasteiger partial charge on any atom is 0.185 e. The average molecular weight is 250 g/mol. The minimum Gasteiger partial charge on any atom is -0.294 e. The van der Waals surface area contributed by atoms with Crippen molar-refractivity contribution in [3.05, 3.63) is 83.9 Å². The Labute approximate surface area is 112 Å². The summed E-state index contributed by atoms with van der Waals surface area (Å²) < 4.78 is 0. The predicted molar refractivity (Wildman–Crippen MR) is 75.3 cm³/mol. The predicted octanol–water partition coefficient (Wildman–Crippen LogP) is 3.70. The lowest BCUT2D eigenvalue weighted by Gasteiger charge is -1.96. The van der Waals surface area contributed by atoms with E-state index in [4.69, 9.17) is 0 Å². The van der Waals surface area contributed by atoms with Gasteiger partial charge in [-0.15, -0.1) is 0 Å². The molecule has 0 aliphatic rings.